The fourth-order valence-corrected chi connectivity index (χ4v) is 8.83. The standard InChI is InChI=1S/C42H52N2O8/c1-4-23-50-42-38(44(41(48)49-3)27-30-16-12-15-28-13-6-7-17-32(28)30)26-36(43-51-5-2)34-24-29(14-8-10-21-45)33(18-9-11-22-46)39(40(34)42)35-25-31(47)19-20-37(35)52-42/h4,6-7,12-13,15-17,19-20,24-25,29,33,38-40,45-47H,1,5,8-11,14,18,21-23,26-27H2,2-3H3/t29-,33+,38-,39+,40+,42+/m0/s1. The third kappa shape index (κ3) is 7.29. The fraction of sp³-hybridized carbons (Fsp3) is 0.476. The molecule has 10 heteroatoms. The summed E-state index contributed by atoms with van der Waals surface area (Å²) in [6.07, 6.45) is 8.36. The van der Waals surface area contributed by atoms with E-state index in [4.69, 9.17) is 24.2 Å². The zero-order valence-electron chi connectivity index (χ0n) is 30.3. The molecule has 1 fully saturated rings. The van der Waals surface area contributed by atoms with Crippen LogP contribution in [0.5, 0.6) is 11.5 Å². The van der Waals surface area contributed by atoms with Crippen LogP contribution in [0.1, 0.15) is 68.9 Å². The van der Waals surface area contributed by atoms with Gasteiger partial charge in [-0.2, -0.15) is 0 Å². The van der Waals surface area contributed by atoms with Crippen LogP contribution in [0, 0.1) is 17.8 Å². The Morgan fingerprint density at radius 2 is 1.83 bits per heavy atom. The van der Waals surface area contributed by atoms with Gasteiger partial charge in [-0.3, -0.25) is 4.90 Å². The highest BCUT2D eigenvalue weighted by atomic mass is 16.7. The molecular formula is C42H52N2O8. The minimum Gasteiger partial charge on any atom is -0.508 e. The maximum absolute atomic E-state index is 14.1. The number of amides is 1. The summed E-state index contributed by atoms with van der Waals surface area (Å²) in [5.74, 6) is -1.22. The maximum atomic E-state index is 14.1. The van der Waals surface area contributed by atoms with Crippen LogP contribution in [0.2, 0.25) is 0 Å². The molecule has 10 nitrogen and oxygen atoms in total. The molecular weight excluding hydrogens is 660 g/mol. The van der Waals surface area contributed by atoms with Crippen molar-refractivity contribution in [2.75, 3.05) is 33.5 Å². The average molecular weight is 713 g/mol. The number of phenolic OH excluding ortho intramolecular Hbond substituents is 1. The van der Waals surface area contributed by atoms with E-state index in [0.717, 1.165) is 53.2 Å². The molecule has 1 heterocycles. The molecule has 0 aromatic heterocycles. The molecule has 1 saturated carbocycles. The van der Waals surface area contributed by atoms with Crippen molar-refractivity contribution in [1.29, 1.82) is 0 Å². The lowest BCUT2D eigenvalue weighted by Gasteiger charge is -2.59. The second kappa shape index (κ2) is 17.0. The summed E-state index contributed by atoms with van der Waals surface area (Å²) < 4.78 is 19.6. The first-order valence-corrected chi connectivity index (χ1v) is 18.6. The van der Waals surface area contributed by atoms with E-state index in [-0.39, 0.29) is 56.3 Å². The van der Waals surface area contributed by atoms with Crippen LogP contribution in [0.25, 0.3) is 10.8 Å². The summed E-state index contributed by atoms with van der Waals surface area (Å²) in [6.45, 7) is 6.81. The fourth-order valence-electron chi connectivity index (χ4n) is 8.83. The molecule has 0 radical (unpaired) electrons. The number of oxime groups is 1. The van der Waals surface area contributed by atoms with Crippen molar-refractivity contribution < 1.29 is 39.2 Å². The summed E-state index contributed by atoms with van der Waals surface area (Å²) in [4.78, 5) is 21.6. The van der Waals surface area contributed by atoms with Gasteiger partial charge in [0.05, 0.1) is 31.9 Å². The van der Waals surface area contributed by atoms with E-state index in [9.17, 15) is 20.1 Å². The van der Waals surface area contributed by atoms with Gasteiger partial charge in [-0.25, -0.2) is 4.79 Å². The molecule has 3 N–H and O–H groups in total. The van der Waals surface area contributed by atoms with Crippen molar-refractivity contribution in [1.82, 2.24) is 4.90 Å². The maximum Gasteiger partial charge on any atom is 0.410 e. The van der Waals surface area contributed by atoms with E-state index < -0.39 is 23.8 Å². The number of ether oxygens (including phenoxy) is 3. The zero-order chi connectivity index (χ0) is 36.7. The first kappa shape index (κ1) is 37.4. The Kier molecular flexibility index (Phi) is 12.2. The largest absolute Gasteiger partial charge is 0.508 e. The monoisotopic (exact) mass is 712 g/mol. The average Bonchev–Trinajstić information content (AvgIpc) is 3.16. The Morgan fingerprint density at radius 3 is 2.58 bits per heavy atom. The number of hydrogen-bond donors (Lipinski definition) is 3. The smallest absolute Gasteiger partial charge is 0.410 e. The van der Waals surface area contributed by atoms with E-state index in [1.54, 1.807) is 29.2 Å². The summed E-state index contributed by atoms with van der Waals surface area (Å²) in [6, 6.07) is 18.6. The molecule has 52 heavy (non-hydrogen) atoms. The van der Waals surface area contributed by atoms with Crippen molar-refractivity contribution in [2.45, 2.75) is 76.2 Å². The van der Waals surface area contributed by atoms with Crippen molar-refractivity contribution in [2.24, 2.45) is 22.9 Å². The predicted octanol–water partition coefficient (Wildman–Crippen LogP) is 7.47. The number of hydrogen-bond acceptors (Lipinski definition) is 9. The second-order valence-corrected chi connectivity index (χ2v) is 13.9. The third-order valence-electron chi connectivity index (χ3n) is 11.0. The number of nitrogens with zero attached hydrogens (tertiary/aromatic N) is 2. The van der Waals surface area contributed by atoms with Crippen molar-refractivity contribution in [3.05, 3.63) is 96.1 Å². The molecule has 0 unspecified atom stereocenters. The summed E-state index contributed by atoms with van der Waals surface area (Å²) in [5.41, 5.74) is 3.46. The number of phenols is 1. The number of methoxy groups -OCH3 is 1. The van der Waals surface area contributed by atoms with E-state index >= 15 is 0 Å². The lowest BCUT2D eigenvalue weighted by Crippen LogP contribution is -2.70. The number of rotatable bonds is 16. The van der Waals surface area contributed by atoms with Gasteiger partial charge < -0.3 is 34.4 Å². The van der Waals surface area contributed by atoms with Crippen molar-refractivity contribution in [3.63, 3.8) is 0 Å². The summed E-state index contributed by atoms with van der Waals surface area (Å²) in [5, 5.41) is 37.2. The normalized spacial score (nSPS) is 25.4. The highest BCUT2D eigenvalue weighted by molar-refractivity contribution is 6.03. The molecule has 0 spiro atoms. The molecule has 3 aromatic carbocycles. The van der Waals surface area contributed by atoms with Crippen LogP contribution in [-0.4, -0.2) is 77.4 Å². The van der Waals surface area contributed by atoms with Gasteiger partial charge in [0.25, 0.3) is 0 Å². The minimum atomic E-state index is -1.41. The van der Waals surface area contributed by atoms with Crippen molar-refractivity contribution in [3.8, 4) is 11.5 Å². The minimum absolute atomic E-state index is 0.0619. The van der Waals surface area contributed by atoms with Gasteiger partial charge in [0.2, 0.25) is 5.79 Å². The molecule has 2 aliphatic carbocycles. The van der Waals surface area contributed by atoms with Gasteiger partial charge in [-0.05, 0) is 84.6 Å². The molecule has 3 aromatic rings. The first-order valence-electron chi connectivity index (χ1n) is 18.6. The Morgan fingerprint density at radius 1 is 1.06 bits per heavy atom. The Hall–Kier alpha value is -4.38. The van der Waals surface area contributed by atoms with E-state index in [0.29, 0.717) is 30.9 Å². The first-order chi connectivity index (χ1) is 25.4. The van der Waals surface area contributed by atoms with Crippen LogP contribution in [0.15, 0.2) is 90.1 Å². The van der Waals surface area contributed by atoms with Gasteiger partial charge >= 0.3 is 6.09 Å². The quantitative estimate of drug-likeness (QED) is 0.0793. The molecule has 278 valence electrons. The predicted molar refractivity (Wildman–Crippen MR) is 200 cm³/mol. The zero-order valence-corrected chi connectivity index (χ0v) is 30.3. The Balaban J connectivity index is 1.59. The number of allylic oxidation sites excluding steroid dienone is 1. The number of aromatic hydroxyl groups is 1. The number of aliphatic hydroxyl groups excluding tert-OH is 2. The van der Waals surface area contributed by atoms with Crippen molar-refractivity contribution >= 4 is 22.6 Å². The molecule has 3 aliphatic rings. The lowest BCUT2D eigenvalue weighted by atomic mass is 9.55. The van der Waals surface area contributed by atoms with Gasteiger partial charge in [0.1, 0.15) is 24.1 Å². The number of carbonyl (C=O) groups excluding carboxylic acids is 1. The summed E-state index contributed by atoms with van der Waals surface area (Å²) >= 11 is 0. The molecule has 1 amide bonds. The molecule has 1 aliphatic heterocycles. The summed E-state index contributed by atoms with van der Waals surface area (Å²) in [7, 11) is 1.39. The second-order valence-electron chi connectivity index (χ2n) is 13.9. The Labute approximate surface area is 306 Å². The van der Waals surface area contributed by atoms with Gasteiger partial charge in [-0.15, -0.1) is 6.58 Å². The van der Waals surface area contributed by atoms with Crippen LogP contribution in [0.3, 0.4) is 0 Å². The lowest BCUT2D eigenvalue weighted by molar-refractivity contribution is -0.256. The van der Waals surface area contributed by atoms with Gasteiger partial charge in [-0.1, -0.05) is 72.6 Å². The SMILES string of the molecule is C=CCO[C@@]12Oc3ccc(O)cc3[C@H]3[C@H](CCCCO)[C@@H](CCCCO)C=C(C(=NOCC)C[C@@H]1N(Cc1cccc4ccccc14)C(=O)OC)[C@H]32. The topological polar surface area (TPSA) is 130 Å². The van der Waals surface area contributed by atoms with E-state index in [1.807, 2.05) is 31.2 Å². The number of benzene rings is 3. The Bertz CT molecular complexity index is 1770. The van der Waals surface area contributed by atoms with Crippen LogP contribution in [-0.2, 0) is 20.9 Å². The highest BCUT2D eigenvalue weighted by Gasteiger charge is 2.65. The van der Waals surface area contributed by atoms with Gasteiger partial charge in [0.15, 0.2) is 0 Å². The molecule has 6 atom stereocenters. The van der Waals surface area contributed by atoms with Gasteiger partial charge in [0, 0.05) is 31.1 Å². The number of fused-ring (bicyclic) bond motifs is 3. The number of carbonyl (C=O) groups is 1. The number of unbranched alkanes of at least 4 members (excludes halogenated alkanes) is 2. The van der Waals surface area contributed by atoms with Crippen LogP contribution >= 0.6 is 0 Å². The van der Waals surface area contributed by atoms with Crippen LogP contribution in [0.4, 0.5) is 4.79 Å². The highest BCUT2D eigenvalue weighted by Crippen LogP contribution is 2.62. The van der Waals surface area contributed by atoms with E-state index in [1.165, 1.54) is 7.11 Å². The molecule has 0 saturated heterocycles. The molecule has 0 bridgehead atoms. The third-order valence-corrected chi connectivity index (χ3v) is 11.0. The number of aliphatic hydroxyl groups is 2. The van der Waals surface area contributed by atoms with E-state index in [2.05, 4.69) is 30.9 Å². The molecule has 6 rings (SSSR count). The van der Waals surface area contributed by atoms with Crippen LogP contribution < -0.4 is 4.74 Å².